The Labute approximate surface area is 109 Å². The number of sulfonamides is 1. The second-order valence-corrected chi connectivity index (χ2v) is 6.35. The number of nitrogens with zero attached hydrogens (tertiary/aromatic N) is 1. The van der Waals surface area contributed by atoms with Gasteiger partial charge in [-0.25, -0.2) is 12.7 Å². The van der Waals surface area contributed by atoms with E-state index in [9.17, 15) is 8.42 Å². The van der Waals surface area contributed by atoms with Crippen LogP contribution in [0.1, 0.15) is 6.92 Å². The molecular weight excluding hydrogens is 252 g/mol. The van der Waals surface area contributed by atoms with Crippen LogP contribution >= 0.6 is 0 Å². The second-order valence-electron chi connectivity index (χ2n) is 4.30. The Bertz CT molecular complexity index is 471. The van der Waals surface area contributed by atoms with Crippen LogP contribution in [-0.4, -0.2) is 40.0 Å². The Morgan fingerprint density at radius 3 is 2.33 bits per heavy atom. The van der Waals surface area contributed by atoms with E-state index in [1.807, 2.05) is 6.92 Å². The van der Waals surface area contributed by atoms with Crippen LogP contribution in [0.5, 0.6) is 5.75 Å². The SMILES string of the molecule is COc1ccc(S(=O)(=O)N(C)CC(C)CN)cc1. The Kier molecular flexibility index (Phi) is 5.13. The zero-order valence-electron chi connectivity index (χ0n) is 11.0. The topological polar surface area (TPSA) is 72.6 Å². The van der Waals surface area contributed by atoms with Crippen LogP contribution in [-0.2, 0) is 10.0 Å². The summed E-state index contributed by atoms with van der Waals surface area (Å²) in [7, 11) is -0.345. The molecule has 0 amide bonds. The number of rotatable bonds is 6. The molecule has 0 saturated carbocycles. The standard InChI is InChI=1S/C12H20N2O3S/c1-10(8-13)9-14(2)18(15,16)12-6-4-11(17-3)5-7-12/h4-7,10H,8-9,13H2,1-3H3. The van der Waals surface area contributed by atoms with Crippen molar-refractivity contribution < 1.29 is 13.2 Å². The van der Waals surface area contributed by atoms with Gasteiger partial charge in [0.25, 0.3) is 0 Å². The maximum absolute atomic E-state index is 12.2. The second kappa shape index (κ2) is 6.17. The summed E-state index contributed by atoms with van der Waals surface area (Å²) in [4.78, 5) is 0.259. The van der Waals surface area contributed by atoms with Gasteiger partial charge < -0.3 is 10.5 Å². The van der Waals surface area contributed by atoms with Crippen LogP contribution in [0, 0.1) is 5.92 Å². The fraction of sp³-hybridized carbons (Fsp3) is 0.500. The molecular formula is C12H20N2O3S. The smallest absolute Gasteiger partial charge is 0.242 e. The fourth-order valence-corrected chi connectivity index (χ4v) is 2.83. The number of benzene rings is 1. The Balaban J connectivity index is 2.90. The number of hydrogen-bond acceptors (Lipinski definition) is 4. The summed E-state index contributed by atoms with van der Waals surface area (Å²) >= 11 is 0. The zero-order valence-corrected chi connectivity index (χ0v) is 11.8. The van der Waals surface area contributed by atoms with E-state index >= 15 is 0 Å². The van der Waals surface area contributed by atoms with Crippen LogP contribution in [0.4, 0.5) is 0 Å². The van der Waals surface area contributed by atoms with Gasteiger partial charge in [-0.1, -0.05) is 6.92 Å². The minimum Gasteiger partial charge on any atom is -0.497 e. The molecule has 1 aromatic rings. The summed E-state index contributed by atoms with van der Waals surface area (Å²) < 4.78 is 30.8. The lowest BCUT2D eigenvalue weighted by Crippen LogP contribution is -2.33. The molecule has 1 atom stereocenters. The monoisotopic (exact) mass is 272 g/mol. The summed E-state index contributed by atoms with van der Waals surface area (Å²) in [5.41, 5.74) is 5.50. The van der Waals surface area contributed by atoms with Crippen molar-refractivity contribution in [2.75, 3.05) is 27.2 Å². The molecule has 0 fully saturated rings. The van der Waals surface area contributed by atoms with Crippen molar-refractivity contribution in [3.63, 3.8) is 0 Å². The molecule has 0 bridgehead atoms. The van der Waals surface area contributed by atoms with Crippen LogP contribution < -0.4 is 10.5 Å². The highest BCUT2D eigenvalue weighted by molar-refractivity contribution is 7.89. The molecule has 18 heavy (non-hydrogen) atoms. The molecule has 1 aromatic carbocycles. The van der Waals surface area contributed by atoms with Crippen molar-refractivity contribution in [3.8, 4) is 5.75 Å². The minimum atomic E-state index is -3.45. The first kappa shape index (κ1) is 14.9. The summed E-state index contributed by atoms with van der Waals surface area (Å²) in [6, 6.07) is 6.34. The van der Waals surface area contributed by atoms with Crippen LogP contribution in [0.3, 0.4) is 0 Å². The number of hydrogen-bond donors (Lipinski definition) is 1. The molecule has 0 aliphatic heterocycles. The first-order valence-corrected chi connectivity index (χ1v) is 7.16. The van der Waals surface area contributed by atoms with Gasteiger partial charge in [0, 0.05) is 13.6 Å². The molecule has 6 heteroatoms. The van der Waals surface area contributed by atoms with E-state index in [0.717, 1.165) is 0 Å². The van der Waals surface area contributed by atoms with Gasteiger partial charge >= 0.3 is 0 Å². The third-order valence-corrected chi connectivity index (χ3v) is 4.58. The number of methoxy groups -OCH3 is 1. The molecule has 5 nitrogen and oxygen atoms in total. The van der Waals surface area contributed by atoms with E-state index in [0.29, 0.717) is 18.8 Å². The lowest BCUT2D eigenvalue weighted by atomic mass is 10.2. The van der Waals surface area contributed by atoms with Crippen LogP contribution in [0.15, 0.2) is 29.2 Å². The first-order valence-electron chi connectivity index (χ1n) is 5.72. The third-order valence-electron chi connectivity index (χ3n) is 2.74. The summed E-state index contributed by atoms with van der Waals surface area (Å²) in [5.74, 6) is 0.759. The molecule has 0 heterocycles. The van der Waals surface area contributed by atoms with E-state index in [2.05, 4.69) is 0 Å². The van der Waals surface area contributed by atoms with Crippen LogP contribution in [0.2, 0.25) is 0 Å². The van der Waals surface area contributed by atoms with Gasteiger partial charge in [-0.3, -0.25) is 0 Å². The molecule has 0 spiro atoms. The zero-order chi connectivity index (χ0) is 13.8. The van der Waals surface area contributed by atoms with Gasteiger partial charge in [-0.2, -0.15) is 0 Å². The molecule has 102 valence electrons. The minimum absolute atomic E-state index is 0.128. The third kappa shape index (κ3) is 3.44. The molecule has 0 saturated heterocycles. The average molecular weight is 272 g/mol. The van der Waals surface area contributed by atoms with Crippen molar-refractivity contribution in [3.05, 3.63) is 24.3 Å². The maximum atomic E-state index is 12.2. The summed E-state index contributed by atoms with van der Waals surface area (Å²) in [5, 5.41) is 0. The molecule has 1 rings (SSSR count). The van der Waals surface area contributed by atoms with Crippen molar-refractivity contribution in [1.29, 1.82) is 0 Å². The Hall–Kier alpha value is -1.11. The molecule has 1 unspecified atom stereocenters. The van der Waals surface area contributed by atoms with Crippen molar-refractivity contribution in [2.24, 2.45) is 11.7 Å². The van der Waals surface area contributed by atoms with Crippen molar-refractivity contribution in [1.82, 2.24) is 4.31 Å². The normalized spacial score (nSPS) is 13.6. The van der Waals surface area contributed by atoms with E-state index < -0.39 is 10.0 Å². The molecule has 0 aliphatic rings. The lowest BCUT2D eigenvalue weighted by molar-refractivity contribution is 0.404. The Morgan fingerprint density at radius 1 is 1.33 bits per heavy atom. The van der Waals surface area contributed by atoms with Crippen molar-refractivity contribution >= 4 is 10.0 Å². The molecule has 0 radical (unpaired) electrons. The average Bonchev–Trinajstić information content (AvgIpc) is 2.38. The summed E-state index contributed by atoms with van der Waals surface area (Å²) in [6.45, 7) is 2.79. The molecule has 0 aliphatic carbocycles. The van der Waals surface area contributed by atoms with Gasteiger partial charge in [-0.15, -0.1) is 0 Å². The highest BCUT2D eigenvalue weighted by Crippen LogP contribution is 2.19. The summed E-state index contributed by atoms with van der Waals surface area (Å²) in [6.07, 6.45) is 0. The van der Waals surface area contributed by atoms with Crippen molar-refractivity contribution in [2.45, 2.75) is 11.8 Å². The largest absolute Gasteiger partial charge is 0.497 e. The van der Waals surface area contributed by atoms with Gasteiger partial charge in [0.15, 0.2) is 0 Å². The lowest BCUT2D eigenvalue weighted by Gasteiger charge is -2.20. The molecule has 0 aromatic heterocycles. The van der Waals surface area contributed by atoms with E-state index in [-0.39, 0.29) is 10.8 Å². The van der Waals surface area contributed by atoms with Crippen LogP contribution in [0.25, 0.3) is 0 Å². The van der Waals surface area contributed by atoms with E-state index in [4.69, 9.17) is 10.5 Å². The van der Waals surface area contributed by atoms with E-state index in [1.54, 1.807) is 26.3 Å². The van der Waals surface area contributed by atoms with Gasteiger partial charge in [-0.05, 0) is 36.7 Å². The van der Waals surface area contributed by atoms with Gasteiger partial charge in [0.2, 0.25) is 10.0 Å². The first-order chi connectivity index (χ1) is 8.41. The molecule has 2 N–H and O–H groups in total. The number of nitrogens with two attached hydrogens (primary N) is 1. The number of ether oxygens (including phenoxy) is 1. The quantitative estimate of drug-likeness (QED) is 0.835. The predicted molar refractivity (Wildman–Crippen MR) is 71.0 cm³/mol. The maximum Gasteiger partial charge on any atom is 0.242 e. The van der Waals surface area contributed by atoms with Gasteiger partial charge in [0.1, 0.15) is 5.75 Å². The predicted octanol–water partition coefficient (Wildman–Crippen LogP) is 0.910. The highest BCUT2D eigenvalue weighted by Gasteiger charge is 2.21. The fourth-order valence-electron chi connectivity index (χ4n) is 1.54. The van der Waals surface area contributed by atoms with Gasteiger partial charge in [0.05, 0.1) is 12.0 Å². The van der Waals surface area contributed by atoms with E-state index in [1.165, 1.54) is 16.4 Å². The highest BCUT2D eigenvalue weighted by atomic mass is 32.2. The Morgan fingerprint density at radius 2 is 1.89 bits per heavy atom.